The van der Waals surface area contributed by atoms with E-state index in [1.54, 1.807) is 0 Å². The maximum Gasteiger partial charge on any atom is 0.0707 e. The summed E-state index contributed by atoms with van der Waals surface area (Å²) in [6.07, 6.45) is 7.36. The van der Waals surface area contributed by atoms with Crippen molar-refractivity contribution in [2.24, 2.45) is 23.7 Å². The van der Waals surface area contributed by atoms with Gasteiger partial charge in [0.05, 0.1) is 5.60 Å². The van der Waals surface area contributed by atoms with E-state index in [0.29, 0.717) is 0 Å². The fourth-order valence-corrected chi connectivity index (χ4v) is 4.45. The molecule has 0 heterocycles. The predicted octanol–water partition coefficient (Wildman–Crippen LogP) is 2.85. The average Bonchev–Trinajstić information content (AvgIpc) is 2.13. The third-order valence-electron chi connectivity index (χ3n) is 5.20. The first-order valence-electron chi connectivity index (χ1n) is 5.77. The van der Waals surface area contributed by atoms with E-state index >= 15 is 0 Å². The first-order chi connectivity index (χ1) is 6.22. The molecule has 4 aliphatic carbocycles. The smallest absolute Gasteiger partial charge is 0.0707 e. The second-order valence-electron chi connectivity index (χ2n) is 5.69. The maximum atomic E-state index is 5.81. The highest BCUT2D eigenvalue weighted by Gasteiger charge is 2.54. The van der Waals surface area contributed by atoms with Gasteiger partial charge in [0.1, 0.15) is 0 Å². The lowest BCUT2D eigenvalue weighted by Crippen LogP contribution is -2.56. The van der Waals surface area contributed by atoms with Crippen LogP contribution in [0, 0.1) is 23.7 Å². The summed E-state index contributed by atoms with van der Waals surface area (Å²) in [4.78, 5) is 0. The topological polar surface area (TPSA) is 9.23 Å². The summed E-state index contributed by atoms with van der Waals surface area (Å²) < 4.78 is 5.81. The van der Waals surface area contributed by atoms with Gasteiger partial charge in [0, 0.05) is 7.11 Å². The van der Waals surface area contributed by atoms with E-state index in [0.717, 1.165) is 23.7 Å². The van der Waals surface area contributed by atoms with E-state index in [1.807, 2.05) is 7.11 Å². The number of rotatable bonds is 1. The van der Waals surface area contributed by atoms with Crippen LogP contribution >= 0.6 is 0 Å². The Hall–Kier alpha value is -0.0400. The Labute approximate surface area is 80.8 Å². The quantitative estimate of drug-likeness (QED) is 0.603. The van der Waals surface area contributed by atoms with Gasteiger partial charge in [-0.25, -0.2) is 0 Å². The molecule has 4 fully saturated rings. The minimum atomic E-state index is 0.243. The summed E-state index contributed by atoms with van der Waals surface area (Å²) in [5, 5.41) is 0. The Morgan fingerprint density at radius 2 is 1.38 bits per heavy atom. The summed E-state index contributed by atoms with van der Waals surface area (Å²) in [7, 11) is 1.92. The van der Waals surface area contributed by atoms with Gasteiger partial charge < -0.3 is 4.74 Å². The van der Waals surface area contributed by atoms with Crippen molar-refractivity contribution in [1.82, 2.24) is 0 Å². The van der Waals surface area contributed by atoms with Gasteiger partial charge in [-0.1, -0.05) is 0 Å². The number of methoxy groups -OCH3 is 1. The summed E-state index contributed by atoms with van der Waals surface area (Å²) in [5.41, 5.74) is 0.243. The molecule has 0 N–H and O–H groups in total. The maximum absolute atomic E-state index is 5.81. The van der Waals surface area contributed by atoms with Crippen LogP contribution in [0.3, 0.4) is 0 Å². The predicted molar refractivity (Wildman–Crippen MR) is 52.5 cm³/mol. The largest absolute Gasteiger partial charge is 0.378 e. The van der Waals surface area contributed by atoms with Crippen LogP contribution in [0.1, 0.15) is 39.0 Å². The van der Waals surface area contributed by atoms with Crippen LogP contribution < -0.4 is 0 Å². The van der Waals surface area contributed by atoms with Crippen LogP contribution in [-0.4, -0.2) is 12.7 Å². The number of hydrogen-bond donors (Lipinski definition) is 0. The van der Waals surface area contributed by atoms with Gasteiger partial charge in [0.25, 0.3) is 0 Å². The molecule has 1 nitrogen and oxygen atoms in total. The zero-order valence-corrected chi connectivity index (χ0v) is 8.75. The molecule has 0 aromatic carbocycles. The average molecular weight is 180 g/mol. The van der Waals surface area contributed by atoms with Crippen molar-refractivity contribution in [3.63, 3.8) is 0 Å². The molecule has 0 aromatic heterocycles. The summed E-state index contributed by atoms with van der Waals surface area (Å²) >= 11 is 0. The lowest BCUT2D eigenvalue weighted by molar-refractivity contribution is -0.179. The van der Waals surface area contributed by atoms with Crippen LogP contribution in [0.4, 0.5) is 0 Å². The Morgan fingerprint density at radius 3 is 1.77 bits per heavy atom. The van der Waals surface area contributed by atoms with E-state index in [2.05, 4.69) is 6.92 Å². The van der Waals surface area contributed by atoms with E-state index in [1.165, 1.54) is 32.1 Å². The normalized spacial score (nSPS) is 58.6. The zero-order chi connectivity index (χ0) is 9.05. The van der Waals surface area contributed by atoms with Crippen LogP contribution in [0.5, 0.6) is 0 Å². The molecule has 1 heteroatoms. The minimum absolute atomic E-state index is 0.243. The van der Waals surface area contributed by atoms with Crippen molar-refractivity contribution in [3.05, 3.63) is 0 Å². The van der Waals surface area contributed by atoms with Crippen molar-refractivity contribution in [2.45, 2.75) is 44.6 Å². The molecule has 0 spiro atoms. The van der Waals surface area contributed by atoms with Gasteiger partial charge in [-0.2, -0.15) is 0 Å². The van der Waals surface area contributed by atoms with Gasteiger partial charge in [0.2, 0.25) is 0 Å². The Morgan fingerprint density at radius 1 is 0.923 bits per heavy atom. The fraction of sp³-hybridized carbons (Fsp3) is 1.00. The third kappa shape index (κ3) is 0.971. The minimum Gasteiger partial charge on any atom is -0.378 e. The molecule has 0 saturated heterocycles. The van der Waals surface area contributed by atoms with E-state index < -0.39 is 0 Å². The molecule has 0 amide bonds. The molecular weight excluding hydrogens is 160 g/mol. The SMILES string of the molecule is COC1(C)C2CC3CC(C2)CC1C3. The van der Waals surface area contributed by atoms with Crippen molar-refractivity contribution < 1.29 is 4.74 Å². The van der Waals surface area contributed by atoms with Gasteiger partial charge >= 0.3 is 0 Å². The number of ether oxygens (including phenoxy) is 1. The highest BCUT2D eigenvalue weighted by Crippen LogP contribution is 2.59. The Balaban J connectivity index is 1.93. The molecule has 74 valence electrons. The Kier molecular flexibility index (Phi) is 1.59. The van der Waals surface area contributed by atoms with E-state index in [9.17, 15) is 0 Å². The van der Waals surface area contributed by atoms with Gasteiger partial charge in [-0.05, 0) is 62.7 Å². The van der Waals surface area contributed by atoms with Crippen molar-refractivity contribution in [1.29, 1.82) is 0 Å². The molecule has 0 aliphatic heterocycles. The standard InChI is InChI=1S/C12H20O/c1-12(13-2)10-4-8-3-9(6-10)7-11(12)5-8/h8-11H,3-7H2,1-2H3. The summed E-state index contributed by atoms with van der Waals surface area (Å²) in [6.45, 7) is 2.36. The second kappa shape index (κ2) is 2.50. The van der Waals surface area contributed by atoms with Crippen molar-refractivity contribution in [2.75, 3.05) is 7.11 Å². The molecule has 0 aromatic rings. The molecule has 0 radical (unpaired) electrons. The van der Waals surface area contributed by atoms with E-state index in [4.69, 9.17) is 4.74 Å². The van der Waals surface area contributed by atoms with Gasteiger partial charge in [-0.15, -0.1) is 0 Å². The van der Waals surface area contributed by atoms with Gasteiger partial charge in [-0.3, -0.25) is 0 Å². The lowest BCUT2D eigenvalue weighted by atomic mass is 9.50. The van der Waals surface area contributed by atoms with Crippen molar-refractivity contribution >= 4 is 0 Å². The van der Waals surface area contributed by atoms with E-state index in [-0.39, 0.29) is 5.60 Å². The summed E-state index contributed by atoms with van der Waals surface area (Å²) in [5.74, 6) is 3.89. The molecular formula is C12H20O. The zero-order valence-electron chi connectivity index (χ0n) is 8.75. The van der Waals surface area contributed by atoms with Crippen LogP contribution in [0.15, 0.2) is 0 Å². The molecule has 4 bridgehead atoms. The highest BCUT2D eigenvalue weighted by atomic mass is 16.5. The fourth-order valence-electron chi connectivity index (χ4n) is 4.45. The Bertz CT molecular complexity index is 193. The monoisotopic (exact) mass is 180 g/mol. The summed E-state index contributed by atoms with van der Waals surface area (Å²) in [6, 6.07) is 0. The molecule has 4 aliphatic rings. The van der Waals surface area contributed by atoms with Crippen LogP contribution in [0.2, 0.25) is 0 Å². The lowest BCUT2D eigenvalue weighted by Gasteiger charge is -2.59. The highest BCUT2D eigenvalue weighted by molar-refractivity contribution is 5.05. The molecule has 0 atom stereocenters. The number of hydrogen-bond acceptors (Lipinski definition) is 1. The van der Waals surface area contributed by atoms with Crippen molar-refractivity contribution in [3.8, 4) is 0 Å². The third-order valence-corrected chi connectivity index (χ3v) is 5.20. The first-order valence-corrected chi connectivity index (χ1v) is 5.77. The molecule has 0 unspecified atom stereocenters. The van der Waals surface area contributed by atoms with Gasteiger partial charge in [0.15, 0.2) is 0 Å². The molecule has 4 saturated carbocycles. The molecule has 13 heavy (non-hydrogen) atoms. The van der Waals surface area contributed by atoms with Crippen LogP contribution in [0.25, 0.3) is 0 Å². The van der Waals surface area contributed by atoms with Crippen LogP contribution in [-0.2, 0) is 4.74 Å². The first kappa shape index (κ1) is 8.28. The second-order valence-corrected chi connectivity index (χ2v) is 5.69. The molecule has 4 rings (SSSR count).